The van der Waals surface area contributed by atoms with E-state index in [9.17, 15) is 4.79 Å². The molecule has 1 aliphatic heterocycles. The van der Waals surface area contributed by atoms with Crippen LogP contribution in [0.3, 0.4) is 0 Å². The zero-order chi connectivity index (χ0) is 26.9. The maximum absolute atomic E-state index is 13.1. The molecule has 0 saturated carbocycles. The molecule has 3 N–H and O–H groups in total. The number of rotatable bonds is 6. The summed E-state index contributed by atoms with van der Waals surface area (Å²) in [5.74, 6) is 0.289. The molecule has 1 atom stereocenters. The fourth-order valence-corrected chi connectivity index (χ4v) is 4.55. The molecule has 0 fully saturated rings. The fraction of sp³-hybridized carbons (Fsp3) is 0.407. The molecule has 5 rings (SSSR count). The van der Waals surface area contributed by atoms with Crippen LogP contribution in [0.5, 0.6) is 0 Å². The van der Waals surface area contributed by atoms with E-state index >= 15 is 0 Å². The van der Waals surface area contributed by atoms with Crippen molar-refractivity contribution in [2.45, 2.75) is 59.2 Å². The van der Waals surface area contributed by atoms with E-state index in [0.717, 1.165) is 54.3 Å². The maximum atomic E-state index is 13.1. The van der Waals surface area contributed by atoms with Gasteiger partial charge in [0.05, 0.1) is 41.0 Å². The third kappa shape index (κ3) is 5.42. The maximum Gasteiger partial charge on any atom is 0.273 e. The first kappa shape index (κ1) is 25.5. The number of fused-ring (bicyclic) bond motifs is 1. The molecular formula is C27H34N10O. The minimum atomic E-state index is -0.244. The average molecular weight is 515 g/mol. The number of carbonyl (C=O) groups is 1. The van der Waals surface area contributed by atoms with Gasteiger partial charge in [0.1, 0.15) is 0 Å². The Kier molecular flexibility index (Phi) is 6.94. The number of hydrogen-bond donors (Lipinski definition) is 3. The molecule has 11 nitrogen and oxygen atoms in total. The van der Waals surface area contributed by atoms with Crippen LogP contribution < -0.4 is 10.6 Å². The Morgan fingerprint density at radius 3 is 2.79 bits per heavy atom. The summed E-state index contributed by atoms with van der Waals surface area (Å²) in [4.78, 5) is 24.6. The second-order valence-corrected chi connectivity index (χ2v) is 10.6. The van der Waals surface area contributed by atoms with E-state index in [-0.39, 0.29) is 17.5 Å². The van der Waals surface area contributed by atoms with Crippen molar-refractivity contribution in [3.8, 4) is 11.3 Å². The molecule has 0 bridgehead atoms. The molecule has 1 amide bonds. The van der Waals surface area contributed by atoms with Gasteiger partial charge in [-0.3, -0.25) is 14.8 Å². The van der Waals surface area contributed by atoms with Crippen LogP contribution in [-0.2, 0) is 12.1 Å². The van der Waals surface area contributed by atoms with E-state index < -0.39 is 0 Å². The molecule has 0 saturated heterocycles. The summed E-state index contributed by atoms with van der Waals surface area (Å²) in [6.07, 6.45) is 5.98. The number of amides is 1. The van der Waals surface area contributed by atoms with Crippen LogP contribution in [0.25, 0.3) is 11.3 Å². The van der Waals surface area contributed by atoms with Crippen LogP contribution in [0.1, 0.15) is 67.5 Å². The summed E-state index contributed by atoms with van der Waals surface area (Å²) in [5, 5.41) is 21.6. The van der Waals surface area contributed by atoms with Gasteiger partial charge in [0.25, 0.3) is 5.91 Å². The van der Waals surface area contributed by atoms with Crippen LogP contribution in [0.15, 0.2) is 42.9 Å². The highest BCUT2D eigenvalue weighted by atomic mass is 16.2. The number of H-pyrrole nitrogens is 1. The molecule has 198 valence electrons. The summed E-state index contributed by atoms with van der Waals surface area (Å²) < 4.78 is 1.72. The predicted octanol–water partition coefficient (Wildman–Crippen LogP) is 3.96. The fourth-order valence-electron chi connectivity index (χ4n) is 4.55. The van der Waals surface area contributed by atoms with Gasteiger partial charge < -0.3 is 10.6 Å². The predicted molar refractivity (Wildman–Crippen MR) is 145 cm³/mol. The summed E-state index contributed by atoms with van der Waals surface area (Å²) in [6, 6.07) is 8.12. The molecule has 0 spiro atoms. The molecule has 1 aromatic carbocycles. The Balaban J connectivity index is 1.41. The molecule has 38 heavy (non-hydrogen) atoms. The Labute approximate surface area is 222 Å². The van der Waals surface area contributed by atoms with Crippen LogP contribution in [0, 0.1) is 6.92 Å². The van der Waals surface area contributed by atoms with Crippen LogP contribution in [-0.4, -0.2) is 59.1 Å². The van der Waals surface area contributed by atoms with Crippen molar-refractivity contribution >= 4 is 17.5 Å². The van der Waals surface area contributed by atoms with Crippen molar-refractivity contribution in [3.63, 3.8) is 0 Å². The Hall–Kier alpha value is -4.12. The van der Waals surface area contributed by atoms with E-state index in [1.807, 2.05) is 33.8 Å². The van der Waals surface area contributed by atoms with Gasteiger partial charge in [0.2, 0.25) is 5.95 Å². The molecule has 4 heterocycles. The van der Waals surface area contributed by atoms with Gasteiger partial charge >= 0.3 is 0 Å². The topological polar surface area (TPSA) is 130 Å². The van der Waals surface area contributed by atoms with E-state index in [4.69, 9.17) is 4.98 Å². The zero-order valence-corrected chi connectivity index (χ0v) is 22.5. The van der Waals surface area contributed by atoms with Crippen molar-refractivity contribution in [1.29, 1.82) is 0 Å². The van der Waals surface area contributed by atoms with Crippen LogP contribution in [0.2, 0.25) is 0 Å². The average Bonchev–Trinajstić information content (AvgIpc) is 3.51. The quantitative estimate of drug-likeness (QED) is 0.353. The minimum absolute atomic E-state index is 0.130. The lowest BCUT2D eigenvalue weighted by Gasteiger charge is -2.19. The number of nitrogens with zero attached hydrogens (tertiary/aromatic N) is 7. The summed E-state index contributed by atoms with van der Waals surface area (Å²) >= 11 is 0. The van der Waals surface area contributed by atoms with Gasteiger partial charge in [0, 0.05) is 24.8 Å². The van der Waals surface area contributed by atoms with Gasteiger partial charge in [-0.15, -0.1) is 5.10 Å². The largest absolute Gasteiger partial charge is 0.344 e. The van der Waals surface area contributed by atoms with Gasteiger partial charge in [-0.25, -0.2) is 14.6 Å². The molecule has 4 aromatic rings. The first-order valence-electron chi connectivity index (χ1n) is 12.9. The first-order valence-corrected chi connectivity index (χ1v) is 12.9. The summed E-state index contributed by atoms with van der Waals surface area (Å²) in [5.41, 5.74) is 5.93. The second kappa shape index (κ2) is 10.3. The smallest absolute Gasteiger partial charge is 0.273 e. The van der Waals surface area contributed by atoms with E-state index in [1.165, 1.54) is 5.56 Å². The molecule has 1 aliphatic rings. The summed E-state index contributed by atoms with van der Waals surface area (Å²) in [7, 11) is 0. The third-order valence-electron chi connectivity index (χ3n) is 6.84. The number of aromatic nitrogens is 7. The van der Waals surface area contributed by atoms with Crippen molar-refractivity contribution in [1.82, 2.24) is 45.4 Å². The number of aryl methyl sites for hydroxylation is 1. The van der Waals surface area contributed by atoms with E-state index in [0.29, 0.717) is 11.6 Å². The van der Waals surface area contributed by atoms with Crippen LogP contribution >= 0.6 is 0 Å². The summed E-state index contributed by atoms with van der Waals surface area (Å²) in [6.45, 7) is 12.8. The number of carbonyl (C=O) groups excluding carboxylic acids is 1. The Morgan fingerprint density at radius 2 is 2.08 bits per heavy atom. The van der Waals surface area contributed by atoms with Gasteiger partial charge in [-0.2, -0.15) is 5.10 Å². The highest BCUT2D eigenvalue weighted by Gasteiger charge is 2.26. The SMILES string of the molecule is CCN1CCC(NC(=O)c2cn(C(C)(C)C)nn2)c2ccc(-c3ccnc(Nc4cn[nH]c4C)n3)cc2C1. The van der Waals surface area contributed by atoms with Gasteiger partial charge in [-0.05, 0) is 63.9 Å². The lowest BCUT2D eigenvalue weighted by Crippen LogP contribution is -2.30. The Morgan fingerprint density at radius 1 is 1.24 bits per heavy atom. The van der Waals surface area contributed by atoms with Gasteiger partial charge in [0.15, 0.2) is 5.69 Å². The monoisotopic (exact) mass is 514 g/mol. The highest BCUT2D eigenvalue weighted by Crippen LogP contribution is 2.31. The van der Waals surface area contributed by atoms with Crippen molar-refractivity contribution < 1.29 is 4.79 Å². The van der Waals surface area contributed by atoms with Crippen molar-refractivity contribution in [2.75, 3.05) is 18.4 Å². The third-order valence-corrected chi connectivity index (χ3v) is 6.84. The molecule has 3 aromatic heterocycles. The first-order chi connectivity index (χ1) is 18.2. The van der Waals surface area contributed by atoms with Crippen molar-refractivity contribution in [3.05, 3.63) is 65.4 Å². The van der Waals surface area contributed by atoms with Crippen molar-refractivity contribution in [2.24, 2.45) is 0 Å². The molecular weight excluding hydrogens is 480 g/mol. The zero-order valence-electron chi connectivity index (χ0n) is 22.5. The molecule has 0 aliphatic carbocycles. The Bertz CT molecular complexity index is 1430. The standard InChI is InChI=1S/C27H34N10O/c1-6-36-12-10-22(30-25(38)24-16-37(35-34-24)27(3,4)5)20-8-7-18(13-19(20)15-36)21-9-11-28-26(31-21)32-23-14-29-33-17(23)2/h7-9,11,13-14,16,22H,6,10,12,15H2,1-5H3,(H,29,33)(H,30,38)(H,28,31,32). The second-order valence-electron chi connectivity index (χ2n) is 10.6. The highest BCUT2D eigenvalue weighted by molar-refractivity contribution is 5.92. The molecule has 11 heteroatoms. The number of nitrogens with one attached hydrogen (secondary N) is 3. The number of aromatic amines is 1. The van der Waals surface area contributed by atoms with E-state index in [2.05, 4.69) is 66.1 Å². The molecule has 1 unspecified atom stereocenters. The number of anilines is 2. The van der Waals surface area contributed by atoms with Crippen LogP contribution in [0.4, 0.5) is 11.6 Å². The minimum Gasteiger partial charge on any atom is -0.344 e. The number of hydrogen-bond acceptors (Lipinski definition) is 8. The molecule has 0 radical (unpaired) electrons. The number of benzene rings is 1. The normalized spacial score (nSPS) is 16.1. The van der Waals surface area contributed by atoms with E-state index in [1.54, 1.807) is 23.3 Å². The van der Waals surface area contributed by atoms with Gasteiger partial charge in [-0.1, -0.05) is 24.3 Å². The lowest BCUT2D eigenvalue weighted by molar-refractivity contribution is 0.0928. The lowest BCUT2D eigenvalue weighted by atomic mass is 9.96.